The topological polar surface area (TPSA) is 44.4 Å². The molecule has 1 saturated heterocycles. The number of hydrogen-bond donors (Lipinski definition) is 2. The summed E-state index contributed by atoms with van der Waals surface area (Å²) in [6, 6.07) is 11.0. The van der Waals surface area contributed by atoms with Crippen LogP contribution >= 0.6 is 0 Å². The lowest BCUT2D eigenvalue weighted by Gasteiger charge is -2.33. The lowest BCUT2D eigenvalue weighted by atomic mass is 10.0. The van der Waals surface area contributed by atoms with Crippen LogP contribution in [0.15, 0.2) is 30.3 Å². The highest BCUT2D eigenvalue weighted by Crippen LogP contribution is 2.13. The summed E-state index contributed by atoms with van der Waals surface area (Å²) in [5.74, 6) is 0.0904. The molecule has 1 aromatic rings. The maximum Gasteiger partial charge on any atom is 0.233 e. The van der Waals surface area contributed by atoms with E-state index >= 15 is 0 Å². The van der Waals surface area contributed by atoms with E-state index in [0.29, 0.717) is 19.1 Å². The molecule has 110 valence electrons. The monoisotopic (exact) mass is 275 g/mol. The van der Waals surface area contributed by atoms with Gasteiger partial charge in [0.25, 0.3) is 0 Å². The van der Waals surface area contributed by atoms with Crippen molar-refractivity contribution in [2.45, 2.75) is 32.4 Å². The van der Waals surface area contributed by atoms with Gasteiger partial charge >= 0.3 is 0 Å². The SMILES string of the molecule is CCNC(=O)CNC1CCCN(Cc2ccccc2)C1. The fourth-order valence-corrected chi connectivity index (χ4v) is 2.70. The summed E-state index contributed by atoms with van der Waals surface area (Å²) in [7, 11) is 0. The number of nitrogens with zero attached hydrogens (tertiary/aromatic N) is 1. The third kappa shape index (κ3) is 4.94. The highest BCUT2D eigenvalue weighted by molar-refractivity contribution is 5.77. The van der Waals surface area contributed by atoms with Gasteiger partial charge in [-0.25, -0.2) is 0 Å². The molecule has 1 aromatic carbocycles. The Labute approximate surface area is 121 Å². The Morgan fingerprint density at radius 3 is 2.90 bits per heavy atom. The molecular weight excluding hydrogens is 250 g/mol. The Morgan fingerprint density at radius 2 is 2.15 bits per heavy atom. The summed E-state index contributed by atoms with van der Waals surface area (Å²) in [6.07, 6.45) is 2.35. The first-order valence-electron chi connectivity index (χ1n) is 7.54. The van der Waals surface area contributed by atoms with Gasteiger partial charge in [0.05, 0.1) is 6.54 Å². The van der Waals surface area contributed by atoms with Gasteiger partial charge in [-0.05, 0) is 31.9 Å². The van der Waals surface area contributed by atoms with Gasteiger partial charge in [-0.3, -0.25) is 9.69 Å². The molecular formula is C16H25N3O. The second-order valence-corrected chi connectivity index (χ2v) is 5.39. The molecule has 0 bridgehead atoms. The van der Waals surface area contributed by atoms with Crippen molar-refractivity contribution in [2.24, 2.45) is 0 Å². The number of benzene rings is 1. The summed E-state index contributed by atoms with van der Waals surface area (Å²) in [5, 5.41) is 6.19. The van der Waals surface area contributed by atoms with Crippen molar-refractivity contribution >= 4 is 5.91 Å². The predicted octanol–water partition coefficient (Wildman–Crippen LogP) is 1.38. The zero-order valence-electron chi connectivity index (χ0n) is 12.3. The van der Waals surface area contributed by atoms with Crippen LogP contribution in [0.25, 0.3) is 0 Å². The van der Waals surface area contributed by atoms with Crippen molar-refractivity contribution < 1.29 is 4.79 Å². The quantitative estimate of drug-likeness (QED) is 0.824. The molecule has 1 atom stereocenters. The Kier molecular flexibility index (Phi) is 6.02. The van der Waals surface area contributed by atoms with Gasteiger partial charge in [0, 0.05) is 25.7 Å². The van der Waals surface area contributed by atoms with Gasteiger partial charge in [0.2, 0.25) is 5.91 Å². The van der Waals surface area contributed by atoms with Crippen LogP contribution in [0.1, 0.15) is 25.3 Å². The van der Waals surface area contributed by atoms with E-state index in [-0.39, 0.29) is 5.91 Å². The lowest BCUT2D eigenvalue weighted by Crippen LogP contribution is -2.48. The van der Waals surface area contributed by atoms with E-state index in [1.165, 1.54) is 12.0 Å². The number of hydrogen-bond acceptors (Lipinski definition) is 3. The molecule has 1 unspecified atom stereocenters. The van der Waals surface area contributed by atoms with Crippen molar-refractivity contribution in [2.75, 3.05) is 26.2 Å². The number of likely N-dealkylation sites (tertiary alicyclic amines) is 1. The molecule has 0 radical (unpaired) electrons. The molecule has 4 nitrogen and oxygen atoms in total. The number of carbonyl (C=O) groups excluding carboxylic acids is 1. The summed E-state index contributed by atoms with van der Waals surface area (Å²) >= 11 is 0. The highest BCUT2D eigenvalue weighted by atomic mass is 16.1. The van der Waals surface area contributed by atoms with Crippen molar-refractivity contribution in [3.8, 4) is 0 Å². The number of carbonyl (C=O) groups is 1. The molecule has 1 aliphatic rings. The second kappa shape index (κ2) is 8.02. The molecule has 2 N–H and O–H groups in total. The second-order valence-electron chi connectivity index (χ2n) is 5.39. The highest BCUT2D eigenvalue weighted by Gasteiger charge is 2.19. The zero-order chi connectivity index (χ0) is 14.2. The van der Waals surface area contributed by atoms with Gasteiger partial charge in [-0.2, -0.15) is 0 Å². The van der Waals surface area contributed by atoms with Crippen molar-refractivity contribution in [1.29, 1.82) is 0 Å². The van der Waals surface area contributed by atoms with Crippen LogP contribution in [0.5, 0.6) is 0 Å². The summed E-state index contributed by atoms with van der Waals surface area (Å²) in [4.78, 5) is 13.9. The van der Waals surface area contributed by atoms with Crippen molar-refractivity contribution in [3.63, 3.8) is 0 Å². The molecule has 0 aromatic heterocycles. The molecule has 1 heterocycles. The van der Waals surface area contributed by atoms with E-state index in [2.05, 4.69) is 45.9 Å². The number of likely N-dealkylation sites (N-methyl/N-ethyl adjacent to an activating group) is 1. The maximum atomic E-state index is 11.5. The number of amides is 1. The fourth-order valence-electron chi connectivity index (χ4n) is 2.70. The largest absolute Gasteiger partial charge is 0.355 e. The van der Waals surface area contributed by atoms with E-state index in [1.54, 1.807) is 0 Å². The molecule has 4 heteroatoms. The minimum Gasteiger partial charge on any atom is -0.355 e. The number of rotatable bonds is 6. The van der Waals surface area contributed by atoms with Crippen LogP contribution in [0.3, 0.4) is 0 Å². The predicted molar refractivity (Wildman–Crippen MR) is 81.4 cm³/mol. The summed E-state index contributed by atoms with van der Waals surface area (Å²) in [6.45, 7) is 6.24. The van der Waals surface area contributed by atoms with Crippen molar-refractivity contribution in [1.82, 2.24) is 15.5 Å². The van der Waals surface area contributed by atoms with Gasteiger partial charge in [0.15, 0.2) is 0 Å². The van der Waals surface area contributed by atoms with Gasteiger partial charge in [-0.15, -0.1) is 0 Å². The average molecular weight is 275 g/mol. The zero-order valence-corrected chi connectivity index (χ0v) is 12.3. The molecule has 1 amide bonds. The summed E-state index contributed by atoms with van der Waals surface area (Å²) < 4.78 is 0. The van der Waals surface area contributed by atoms with E-state index < -0.39 is 0 Å². The number of piperidine rings is 1. The fraction of sp³-hybridized carbons (Fsp3) is 0.562. The first kappa shape index (κ1) is 15.0. The molecule has 1 aliphatic heterocycles. The van der Waals surface area contributed by atoms with E-state index in [0.717, 1.165) is 26.1 Å². The van der Waals surface area contributed by atoms with Crippen LogP contribution in [-0.4, -0.2) is 43.0 Å². The molecule has 0 saturated carbocycles. The van der Waals surface area contributed by atoms with Crippen LogP contribution in [-0.2, 0) is 11.3 Å². The van der Waals surface area contributed by atoms with Crippen LogP contribution in [0.2, 0.25) is 0 Å². The minimum atomic E-state index is 0.0904. The van der Waals surface area contributed by atoms with E-state index in [1.807, 2.05) is 6.92 Å². The van der Waals surface area contributed by atoms with Crippen LogP contribution in [0.4, 0.5) is 0 Å². The first-order chi connectivity index (χ1) is 9.78. The average Bonchev–Trinajstić information content (AvgIpc) is 2.47. The van der Waals surface area contributed by atoms with E-state index in [4.69, 9.17) is 0 Å². The van der Waals surface area contributed by atoms with Gasteiger partial charge in [-0.1, -0.05) is 30.3 Å². The smallest absolute Gasteiger partial charge is 0.233 e. The maximum absolute atomic E-state index is 11.5. The Balaban J connectivity index is 1.75. The van der Waals surface area contributed by atoms with Gasteiger partial charge < -0.3 is 10.6 Å². The standard InChI is InChI=1S/C16H25N3O/c1-2-17-16(20)11-18-15-9-6-10-19(13-15)12-14-7-4-3-5-8-14/h3-5,7-8,15,18H,2,6,9-13H2,1H3,(H,17,20). The summed E-state index contributed by atoms with van der Waals surface area (Å²) in [5.41, 5.74) is 1.36. The molecule has 1 fully saturated rings. The minimum absolute atomic E-state index is 0.0904. The normalized spacial score (nSPS) is 19.8. The Bertz CT molecular complexity index is 407. The van der Waals surface area contributed by atoms with E-state index in [9.17, 15) is 4.79 Å². The van der Waals surface area contributed by atoms with Crippen LogP contribution < -0.4 is 10.6 Å². The molecule has 0 aliphatic carbocycles. The van der Waals surface area contributed by atoms with Gasteiger partial charge in [0.1, 0.15) is 0 Å². The molecule has 0 spiro atoms. The third-order valence-corrected chi connectivity index (χ3v) is 3.68. The Hall–Kier alpha value is -1.39. The molecule has 20 heavy (non-hydrogen) atoms. The first-order valence-corrected chi connectivity index (χ1v) is 7.54. The Morgan fingerprint density at radius 1 is 1.35 bits per heavy atom. The van der Waals surface area contributed by atoms with Crippen molar-refractivity contribution in [3.05, 3.63) is 35.9 Å². The third-order valence-electron chi connectivity index (χ3n) is 3.68. The van der Waals surface area contributed by atoms with Crippen LogP contribution in [0, 0.1) is 0 Å². The molecule has 2 rings (SSSR count). The number of nitrogens with one attached hydrogen (secondary N) is 2. The lowest BCUT2D eigenvalue weighted by molar-refractivity contribution is -0.120.